The topological polar surface area (TPSA) is 59.9 Å². The summed E-state index contributed by atoms with van der Waals surface area (Å²) < 4.78 is 39.1. The van der Waals surface area contributed by atoms with E-state index in [0.717, 1.165) is 6.20 Å². The summed E-state index contributed by atoms with van der Waals surface area (Å²) in [5.74, 6) is -0.232. The average molecular weight is 386 g/mol. The van der Waals surface area contributed by atoms with Crippen LogP contribution in [0.2, 0.25) is 0 Å². The normalized spacial score (nSPS) is 22.1. The van der Waals surface area contributed by atoms with Gasteiger partial charge in [0.05, 0.1) is 17.0 Å². The van der Waals surface area contributed by atoms with Gasteiger partial charge in [-0.1, -0.05) is 0 Å². The van der Waals surface area contributed by atoms with Crippen molar-refractivity contribution in [2.75, 3.05) is 44.7 Å². The van der Waals surface area contributed by atoms with Crippen molar-refractivity contribution >= 4 is 11.8 Å². The SMILES string of the molecule is CN1Cc2cc(C(F)(F)F)cnc2N2CCN(CC(C)(C)C(=O)O)C[C@@H]2C1. The number of halogens is 3. The molecule has 1 aromatic rings. The number of pyridine rings is 1. The first-order valence-electron chi connectivity index (χ1n) is 8.94. The van der Waals surface area contributed by atoms with Gasteiger partial charge in [0.15, 0.2) is 0 Å². The number of hydrogen-bond acceptors (Lipinski definition) is 5. The number of piperazine rings is 1. The molecule has 0 unspecified atom stereocenters. The molecule has 3 heterocycles. The van der Waals surface area contributed by atoms with Crippen molar-refractivity contribution in [3.05, 3.63) is 23.4 Å². The van der Waals surface area contributed by atoms with Gasteiger partial charge in [-0.25, -0.2) is 4.98 Å². The van der Waals surface area contributed by atoms with Crippen LogP contribution in [0.4, 0.5) is 19.0 Å². The lowest BCUT2D eigenvalue weighted by Gasteiger charge is -2.43. The Kier molecular flexibility index (Phi) is 5.11. The Bertz CT molecular complexity index is 723. The van der Waals surface area contributed by atoms with Crippen LogP contribution in [0, 0.1) is 5.41 Å². The van der Waals surface area contributed by atoms with Gasteiger partial charge in [-0.05, 0) is 27.0 Å². The van der Waals surface area contributed by atoms with Crippen molar-refractivity contribution in [1.29, 1.82) is 0 Å². The van der Waals surface area contributed by atoms with Gasteiger partial charge in [0.25, 0.3) is 0 Å². The van der Waals surface area contributed by atoms with Gasteiger partial charge < -0.3 is 10.0 Å². The third kappa shape index (κ3) is 4.19. The summed E-state index contributed by atoms with van der Waals surface area (Å²) in [6, 6.07) is 1.25. The number of carboxylic acids is 1. The molecule has 6 nitrogen and oxygen atoms in total. The van der Waals surface area contributed by atoms with Gasteiger partial charge in [0, 0.05) is 51.0 Å². The molecule has 1 aromatic heterocycles. The van der Waals surface area contributed by atoms with E-state index < -0.39 is 23.1 Å². The molecule has 150 valence electrons. The Morgan fingerprint density at radius 2 is 2.00 bits per heavy atom. The first-order chi connectivity index (χ1) is 12.5. The van der Waals surface area contributed by atoms with Crippen LogP contribution >= 0.6 is 0 Å². The predicted molar refractivity (Wildman–Crippen MR) is 94.6 cm³/mol. The Balaban J connectivity index is 1.83. The lowest BCUT2D eigenvalue weighted by Crippen LogP contribution is -2.58. The summed E-state index contributed by atoms with van der Waals surface area (Å²) in [4.78, 5) is 21.8. The summed E-state index contributed by atoms with van der Waals surface area (Å²) in [6.07, 6.45) is -3.51. The summed E-state index contributed by atoms with van der Waals surface area (Å²) in [6.45, 7) is 6.85. The molecule has 27 heavy (non-hydrogen) atoms. The van der Waals surface area contributed by atoms with Gasteiger partial charge in [0.2, 0.25) is 0 Å². The van der Waals surface area contributed by atoms with Crippen LogP contribution in [0.1, 0.15) is 25.0 Å². The molecule has 9 heteroatoms. The fourth-order valence-electron chi connectivity index (χ4n) is 3.87. The number of aliphatic carboxylic acids is 1. The third-order valence-electron chi connectivity index (χ3n) is 5.27. The van der Waals surface area contributed by atoms with E-state index in [1.54, 1.807) is 13.8 Å². The molecular weight excluding hydrogens is 361 g/mol. The third-order valence-corrected chi connectivity index (χ3v) is 5.27. The van der Waals surface area contributed by atoms with E-state index in [-0.39, 0.29) is 6.04 Å². The summed E-state index contributed by atoms with van der Waals surface area (Å²) >= 11 is 0. The summed E-state index contributed by atoms with van der Waals surface area (Å²) in [7, 11) is 1.88. The highest BCUT2D eigenvalue weighted by molar-refractivity contribution is 5.73. The quantitative estimate of drug-likeness (QED) is 0.859. The maximum Gasteiger partial charge on any atom is 0.417 e. The molecule has 2 aliphatic rings. The number of carbonyl (C=O) groups is 1. The Labute approximate surface area is 156 Å². The average Bonchev–Trinajstić information content (AvgIpc) is 2.67. The first-order valence-corrected chi connectivity index (χ1v) is 8.94. The Morgan fingerprint density at radius 1 is 1.30 bits per heavy atom. The number of nitrogens with zero attached hydrogens (tertiary/aromatic N) is 4. The standard InChI is InChI=1S/C18H25F3N4O2/c1-17(2,16(26)27)11-24-4-5-25-14(10-24)9-23(3)8-12-6-13(18(19,20)21)7-22-15(12)25/h6-7,14H,4-5,8-11H2,1-3H3,(H,26,27)/t14-/m0/s1. The van der Waals surface area contributed by atoms with Gasteiger partial charge in [-0.3, -0.25) is 14.6 Å². The second kappa shape index (κ2) is 6.94. The van der Waals surface area contributed by atoms with E-state index in [2.05, 4.69) is 14.8 Å². The molecule has 1 N–H and O–H groups in total. The molecule has 0 radical (unpaired) electrons. The van der Waals surface area contributed by atoms with Crippen LogP contribution < -0.4 is 4.90 Å². The monoisotopic (exact) mass is 386 g/mol. The van der Waals surface area contributed by atoms with E-state index >= 15 is 0 Å². The van der Waals surface area contributed by atoms with E-state index in [9.17, 15) is 23.1 Å². The predicted octanol–water partition coefficient (Wildman–Crippen LogP) is 2.15. The number of hydrogen-bond donors (Lipinski definition) is 1. The number of fused-ring (bicyclic) bond motifs is 3. The van der Waals surface area contributed by atoms with Crippen LogP contribution in [-0.2, 0) is 17.5 Å². The van der Waals surface area contributed by atoms with Crippen molar-refractivity contribution in [2.45, 2.75) is 32.6 Å². The minimum atomic E-state index is -4.41. The van der Waals surface area contributed by atoms with Crippen molar-refractivity contribution < 1.29 is 23.1 Å². The summed E-state index contributed by atoms with van der Waals surface area (Å²) in [5.41, 5.74) is -1.000. The molecule has 0 bridgehead atoms. The fourth-order valence-corrected chi connectivity index (χ4v) is 3.87. The van der Waals surface area contributed by atoms with Gasteiger partial charge in [-0.2, -0.15) is 13.2 Å². The molecule has 0 aromatic carbocycles. The molecular formula is C18H25F3N4O2. The molecule has 0 saturated carbocycles. The summed E-state index contributed by atoms with van der Waals surface area (Å²) in [5, 5.41) is 9.37. The molecule has 1 atom stereocenters. The van der Waals surface area contributed by atoms with Crippen molar-refractivity contribution in [1.82, 2.24) is 14.8 Å². The zero-order chi connectivity index (χ0) is 20.0. The van der Waals surface area contributed by atoms with Gasteiger partial charge >= 0.3 is 12.1 Å². The van der Waals surface area contributed by atoms with Crippen LogP contribution in [0.25, 0.3) is 0 Å². The number of rotatable bonds is 3. The van der Waals surface area contributed by atoms with Crippen LogP contribution in [-0.4, -0.2) is 71.7 Å². The van der Waals surface area contributed by atoms with E-state index in [0.29, 0.717) is 50.6 Å². The largest absolute Gasteiger partial charge is 0.481 e. The lowest BCUT2D eigenvalue weighted by molar-refractivity contribution is -0.148. The molecule has 2 aliphatic heterocycles. The van der Waals surface area contributed by atoms with Crippen LogP contribution in [0.5, 0.6) is 0 Å². The molecule has 0 aliphatic carbocycles. The lowest BCUT2D eigenvalue weighted by atomic mass is 9.92. The maximum atomic E-state index is 13.0. The molecule has 0 spiro atoms. The van der Waals surface area contributed by atoms with Crippen LogP contribution in [0.15, 0.2) is 12.3 Å². The highest BCUT2D eigenvalue weighted by Crippen LogP contribution is 2.34. The van der Waals surface area contributed by atoms with Crippen LogP contribution in [0.3, 0.4) is 0 Å². The second-order valence-corrected chi connectivity index (χ2v) is 8.17. The second-order valence-electron chi connectivity index (χ2n) is 8.17. The highest BCUT2D eigenvalue weighted by atomic mass is 19.4. The van der Waals surface area contributed by atoms with Crippen molar-refractivity contribution in [3.8, 4) is 0 Å². The first kappa shape index (κ1) is 19.9. The minimum Gasteiger partial charge on any atom is -0.481 e. The zero-order valence-electron chi connectivity index (χ0n) is 15.8. The smallest absolute Gasteiger partial charge is 0.417 e. The number of anilines is 1. The Morgan fingerprint density at radius 3 is 2.63 bits per heavy atom. The molecule has 3 rings (SSSR count). The number of aromatic nitrogens is 1. The minimum absolute atomic E-state index is 0.0545. The number of likely N-dealkylation sites (N-methyl/N-ethyl adjacent to an activating group) is 1. The van der Waals surface area contributed by atoms with E-state index in [4.69, 9.17) is 0 Å². The number of carboxylic acid groups (broad SMARTS) is 1. The Hall–Kier alpha value is -1.87. The molecule has 0 amide bonds. The number of alkyl halides is 3. The van der Waals surface area contributed by atoms with Crippen molar-refractivity contribution in [2.24, 2.45) is 5.41 Å². The fraction of sp³-hybridized carbons (Fsp3) is 0.667. The van der Waals surface area contributed by atoms with Crippen molar-refractivity contribution in [3.63, 3.8) is 0 Å². The van der Waals surface area contributed by atoms with Gasteiger partial charge in [-0.15, -0.1) is 0 Å². The van der Waals surface area contributed by atoms with E-state index in [1.165, 1.54) is 6.07 Å². The molecule has 1 fully saturated rings. The van der Waals surface area contributed by atoms with Gasteiger partial charge in [0.1, 0.15) is 5.82 Å². The maximum absolute atomic E-state index is 13.0. The molecule has 1 saturated heterocycles. The highest BCUT2D eigenvalue weighted by Gasteiger charge is 2.38. The zero-order valence-corrected chi connectivity index (χ0v) is 15.8. The van der Waals surface area contributed by atoms with E-state index in [1.807, 2.05) is 11.9 Å².